The second-order valence-corrected chi connectivity index (χ2v) is 8.07. The first-order valence-corrected chi connectivity index (χ1v) is 10.2. The lowest BCUT2D eigenvalue weighted by Gasteiger charge is -2.09. The van der Waals surface area contributed by atoms with Gasteiger partial charge in [0.05, 0.1) is 4.90 Å². The molecule has 0 spiro atoms. The number of aryl methyl sites for hydroxylation is 1. The van der Waals surface area contributed by atoms with Crippen molar-refractivity contribution < 1.29 is 8.42 Å². The van der Waals surface area contributed by atoms with E-state index in [1.807, 2.05) is 67.6 Å². The summed E-state index contributed by atoms with van der Waals surface area (Å²) in [5, 5.41) is 4.26. The van der Waals surface area contributed by atoms with Gasteiger partial charge >= 0.3 is 0 Å². The van der Waals surface area contributed by atoms with E-state index in [0.717, 1.165) is 22.4 Å². The SMILES string of the molecule is Cc1ccc(S(=O)(=O)NN=C(Cc2ccccc2)Cc2ccccc2)cc1. The molecule has 0 aliphatic heterocycles. The number of hydrazone groups is 1. The molecule has 0 aromatic heterocycles. The molecule has 0 amide bonds. The van der Waals surface area contributed by atoms with Crippen LogP contribution in [0.25, 0.3) is 0 Å². The van der Waals surface area contributed by atoms with E-state index < -0.39 is 10.0 Å². The van der Waals surface area contributed by atoms with Crippen LogP contribution in [0.15, 0.2) is 94.9 Å². The average Bonchev–Trinajstić information content (AvgIpc) is 2.68. The van der Waals surface area contributed by atoms with Crippen LogP contribution in [0.4, 0.5) is 0 Å². The molecule has 0 radical (unpaired) electrons. The van der Waals surface area contributed by atoms with E-state index in [2.05, 4.69) is 9.93 Å². The number of hydrogen-bond donors (Lipinski definition) is 1. The zero-order chi connectivity index (χ0) is 19.1. The van der Waals surface area contributed by atoms with Crippen LogP contribution in [0, 0.1) is 6.92 Å². The lowest BCUT2D eigenvalue weighted by Crippen LogP contribution is -2.22. The highest BCUT2D eigenvalue weighted by Crippen LogP contribution is 2.11. The summed E-state index contributed by atoms with van der Waals surface area (Å²) in [4.78, 5) is 2.60. The fourth-order valence-electron chi connectivity index (χ4n) is 2.70. The number of sulfonamides is 1. The van der Waals surface area contributed by atoms with Crippen LogP contribution in [-0.2, 0) is 22.9 Å². The van der Waals surface area contributed by atoms with Crippen molar-refractivity contribution in [3.63, 3.8) is 0 Å². The first kappa shape index (κ1) is 18.9. The Labute approximate surface area is 160 Å². The monoisotopic (exact) mass is 378 g/mol. The smallest absolute Gasteiger partial charge is 0.200 e. The zero-order valence-corrected chi connectivity index (χ0v) is 16.0. The van der Waals surface area contributed by atoms with Crippen molar-refractivity contribution in [1.29, 1.82) is 0 Å². The van der Waals surface area contributed by atoms with Crippen molar-refractivity contribution in [2.75, 3.05) is 0 Å². The molecule has 0 saturated carbocycles. The van der Waals surface area contributed by atoms with E-state index in [-0.39, 0.29) is 4.90 Å². The minimum Gasteiger partial charge on any atom is -0.200 e. The first-order valence-electron chi connectivity index (χ1n) is 8.75. The maximum Gasteiger partial charge on any atom is 0.276 e. The van der Waals surface area contributed by atoms with E-state index in [0.29, 0.717) is 12.8 Å². The lowest BCUT2D eigenvalue weighted by atomic mass is 10.0. The van der Waals surface area contributed by atoms with Gasteiger partial charge in [0.2, 0.25) is 0 Å². The molecule has 0 heterocycles. The molecule has 0 saturated heterocycles. The van der Waals surface area contributed by atoms with Crippen LogP contribution in [-0.4, -0.2) is 14.1 Å². The predicted molar refractivity (Wildman–Crippen MR) is 109 cm³/mol. The molecular formula is C22H22N2O2S. The van der Waals surface area contributed by atoms with Gasteiger partial charge < -0.3 is 0 Å². The lowest BCUT2D eigenvalue weighted by molar-refractivity contribution is 0.584. The summed E-state index contributed by atoms with van der Waals surface area (Å²) >= 11 is 0. The van der Waals surface area contributed by atoms with Crippen LogP contribution in [0.5, 0.6) is 0 Å². The Morgan fingerprint density at radius 1 is 0.778 bits per heavy atom. The number of benzene rings is 3. The molecule has 3 aromatic rings. The molecule has 0 atom stereocenters. The summed E-state index contributed by atoms with van der Waals surface area (Å²) in [6.07, 6.45) is 1.15. The summed E-state index contributed by atoms with van der Waals surface area (Å²) in [7, 11) is -3.69. The zero-order valence-electron chi connectivity index (χ0n) is 15.2. The van der Waals surface area contributed by atoms with Gasteiger partial charge in [-0.05, 0) is 30.2 Å². The maximum absolute atomic E-state index is 12.5. The van der Waals surface area contributed by atoms with Gasteiger partial charge in [-0.1, -0.05) is 78.4 Å². The van der Waals surface area contributed by atoms with Gasteiger partial charge in [-0.3, -0.25) is 0 Å². The van der Waals surface area contributed by atoms with Gasteiger partial charge in [-0.15, -0.1) is 0 Å². The van der Waals surface area contributed by atoms with Crippen LogP contribution < -0.4 is 4.83 Å². The van der Waals surface area contributed by atoms with Gasteiger partial charge in [-0.25, -0.2) is 4.83 Å². The highest BCUT2D eigenvalue weighted by molar-refractivity contribution is 7.89. The van der Waals surface area contributed by atoms with Crippen molar-refractivity contribution in [3.05, 3.63) is 102 Å². The molecule has 0 unspecified atom stereocenters. The van der Waals surface area contributed by atoms with Crippen LogP contribution in [0.1, 0.15) is 16.7 Å². The number of nitrogens with zero attached hydrogens (tertiary/aromatic N) is 1. The molecule has 1 N–H and O–H groups in total. The summed E-state index contributed by atoms with van der Waals surface area (Å²) in [5.41, 5.74) is 3.93. The highest BCUT2D eigenvalue weighted by atomic mass is 32.2. The van der Waals surface area contributed by atoms with Crippen LogP contribution in [0.3, 0.4) is 0 Å². The summed E-state index contributed by atoms with van der Waals surface area (Å²) in [5.74, 6) is 0. The standard InChI is InChI=1S/C22H22N2O2S/c1-18-12-14-22(15-13-18)27(25,26)24-23-21(16-19-8-4-2-5-9-19)17-20-10-6-3-7-11-20/h2-15,24H,16-17H2,1H3. The molecule has 4 nitrogen and oxygen atoms in total. The third-order valence-corrected chi connectivity index (χ3v) is 5.38. The molecule has 27 heavy (non-hydrogen) atoms. The highest BCUT2D eigenvalue weighted by Gasteiger charge is 2.13. The normalized spacial score (nSPS) is 11.0. The molecule has 0 aliphatic rings. The van der Waals surface area contributed by atoms with E-state index in [4.69, 9.17) is 0 Å². The van der Waals surface area contributed by atoms with Gasteiger partial charge in [0.15, 0.2) is 0 Å². The topological polar surface area (TPSA) is 58.5 Å². The first-order chi connectivity index (χ1) is 13.0. The van der Waals surface area contributed by atoms with Crippen molar-refractivity contribution in [2.45, 2.75) is 24.7 Å². The van der Waals surface area contributed by atoms with E-state index in [1.165, 1.54) is 0 Å². The summed E-state index contributed by atoms with van der Waals surface area (Å²) in [6, 6.07) is 26.5. The third kappa shape index (κ3) is 5.53. The van der Waals surface area contributed by atoms with Gasteiger partial charge in [0.1, 0.15) is 0 Å². The van der Waals surface area contributed by atoms with E-state index in [9.17, 15) is 8.42 Å². The Morgan fingerprint density at radius 3 is 1.74 bits per heavy atom. The molecule has 138 valence electrons. The second kappa shape index (κ2) is 8.64. The second-order valence-electron chi connectivity index (χ2n) is 6.41. The average molecular weight is 378 g/mol. The van der Waals surface area contributed by atoms with Gasteiger partial charge in [0.25, 0.3) is 10.0 Å². The Balaban J connectivity index is 1.83. The Bertz CT molecular complexity index is 954. The summed E-state index contributed by atoms with van der Waals surface area (Å²) in [6.45, 7) is 1.92. The number of rotatable bonds is 7. The molecular weight excluding hydrogens is 356 g/mol. The Hall–Kier alpha value is -2.92. The fourth-order valence-corrected chi connectivity index (χ4v) is 3.55. The molecule has 0 fully saturated rings. The molecule has 5 heteroatoms. The molecule has 3 rings (SSSR count). The largest absolute Gasteiger partial charge is 0.276 e. The Morgan fingerprint density at radius 2 is 1.26 bits per heavy atom. The van der Waals surface area contributed by atoms with Crippen molar-refractivity contribution in [2.24, 2.45) is 5.10 Å². The predicted octanol–water partition coefficient (Wildman–Crippen LogP) is 4.11. The number of nitrogens with one attached hydrogen (secondary N) is 1. The van der Waals surface area contributed by atoms with E-state index in [1.54, 1.807) is 24.3 Å². The van der Waals surface area contributed by atoms with Gasteiger partial charge in [-0.2, -0.15) is 13.5 Å². The summed E-state index contributed by atoms with van der Waals surface area (Å²) < 4.78 is 25.1. The van der Waals surface area contributed by atoms with E-state index >= 15 is 0 Å². The maximum atomic E-state index is 12.5. The van der Waals surface area contributed by atoms with Crippen LogP contribution >= 0.6 is 0 Å². The minimum absolute atomic E-state index is 0.204. The quantitative estimate of drug-likeness (QED) is 0.497. The minimum atomic E-state index is -3.69. The number of hydrogen-bond acceptors (Lipinski definition) is 3. The molecule has 3 aromatic carbocycles. The molecule has 0 bridgehead atoms. The molecule has 0 aliphatic carbocycles. The van der Waals surface area contributed by atoms with Crippen molar-refractivity contribution >= 4 is 15.7 Å². The fraction of sp³-hybridized carbons (Fsp3) is 0.136. The van der Waals surface area contributed by atoms with Crippen LogP contribution in [0.2, 0.25) is 0 Å². The van der Waals surface area contributed by atoms with Gasteiger partial charge in [0, 0.05) is 18.6 Å². The third-order valence-electron chi connectivity index (χ3n) is 4.16. The van der Waals surface area contributed by atoms with Crippen molar-refractivity contribution in [3.8, 4) is 0 Å². The van der Waals surface area contributed by atoms with Crippen molar-refractivity contribution in [1.82, 2.24) is 4.83 Å². The Kier molecular flexibility index (Phi) is 6.04.